The largest absolute Gasteiger partial charge is 0.357 e. The highest BCUT2D eigenvalue weighted by atomic mass is 127. The average molecular weight is 483 g/mol. The van der Waals surface area contributed by atoms with Gasteiger partial charge >= 0.3 is 0 Å². The topological polar surface area (TPSA) is 60.0 Å². The second kappa shape index (κ2) is 12.2. The lowest BCUT2D eigenvalue weighted by atomic mass is 10.2. The second-order valence-electron chi connectivity index (χ2n) is 6.62. The maximum Gasteiger partial charge on any atom is 0.219 e. The fraction of sp³-hybridized carbons (Fsp3) is 0.882. The van der Waals surface area contributed by atoms with Crippen molar-refractivity contribution in [3.8, 4) is 0 Å². The highest BCUT2D eigenvalue weighted by Crippen LogP contribution is 2.27. The monoisotopic (exact) mass is 483 g/mol. The van der Waals surface area contributed by atoms with E-state index in [1.807, 2.05) is 16.7 Å². The van der Waals surface area contributed by atoms with Gasteiger partial charge in [0.2, 0.25) is 5.91 Å². The Morgan fingerprint density at radius 3 is 2.52 bits per heavy atom. The number of hydrogen-bond donors (Lipinski definition) is 2. The summed E-state index contributed by atoms with van der Waals surface area (Å²) in [7, 11) is 0. The van der Waals surface area contributed by atoms with Crippen LogP contribution in [0.2, 0.25) is 0 Å². The van der Waals surface area contributed by atoms with Crippen molar-refractivity contribution in [1.82, 2.24) is 20.4 Å². The van der Waals surface area contributed by atoms with Gasteiger partial charge in [-0.15, -0.1) is 24.0 Å². The fourth-order valence-electron chi connectivity index (χ4n) is 3.39. The van der Waals surface area contributed by atoms with Crippen LogP contribution in [0.25, 0.3) is 0 Å². The van der Waals surface area contributed by atoms with Gasteiger partial charge in [0.15, 0.2) is 5.96 Å². The first-order valence-corrected chi connectivity index (χ1v) is 10.5. The second-order valence-corrected chi connectivity index (χ2v) is 7.76. The molecule has 2 unspecified atom stereocenters. The third-order valence-corrected chi connectivity index (χ3v) is 6.00. The Labute approximate surface area is 174 Å². The number of carbonyl (C=O) groups excluding carboxylic acids is 1. The number of piperazine rings is 1. The Kier molecular flexibility index (Phi) is 11.2. The first-order chi connectivity index (χ1) is 11.6. The number of nitrogens with zero attached hydrogens (tertiary/aromatic N) is 3. The highest BCUT2D eigenvalue weighted by molar-refractivity contribution is 14.0. The third-order valence-electron chi connectivity index (χ3n) is 4.91. The predicted octanol–water partition coefficient (Wildman–Crippen LogP) is 1.61. The molecule has 0 aromatic carbocycles. The van der Waals surface area contributed by atoms with Crippen molar-refractivity contribution >= 4 is 47.6 Å². The molecule has 1 aliphatic heterocycles. The lowest BCUT2D eigenvalue weighted by Crippen LogP contribution is -2.48. The van der Waals surface area contributed by atoms with Gasteiger partial charge in [-0.05, 0) is 32.4 Å². The van der Waals surface area contributed by atoms with Gasteiger partial charge in [-0.1, -0.05) is 0 Å². The summed E-state index contributed by atoms with van der Waals surface area (Å²) in [6.45, 7) is 10.0. The number of guanidine groups is 1. The Hall–Kier alpha value is -0.220. The van der Waals surface area contributed by atoms with E-state index in [9.17, 15) is 4.79 Å². The van der Waals surface area contributed by atoms with E-state index in [0.29, 0.717) is 6.04 Å². The number of carbonyl (C=O) groups is 1. The van der Waals surface area contributed by atoms with Gasteiger partial charge in [0, 0.05) is 57.5 Å². The van der Waals surface area contributed by atoms with Crippen LogP contribution in [0.3, 0.4) is 0 Å². The van der Waals surface area contributed by atoms with Gasteiger partial charge < -0.3 is 15.5 Å². The maximum atomic E-state index is 11.4. The molecule has 1 heterocycles. The van der Waals surface area contributed by atoms with Crippen LogP contribution in [0, 0.1) is 0 Å². The summed E-state index contributed by atoms with van der Waals surface area (Å²) in [5.74, 6) is 1.14. The molecule has 0 aromatic heterocycles. The summed E-state index contributed by atoms with van der Waals surface area (Å²) >= 11 is 1.98. The smallest absolute Gasteiger partial charge is 0.219 e. The molecule has 2 N–H and O–H groups in total. The number of rotatable bonds is 6. The summed E-state index contributed by atoms with van der Waals surface area (Å²) in [5.41, 5.74) is 0. The van der Waals surface area contributed by atoms with Crippen molar-refractivity contribution in [2.24, 2.45) is 4.99 Å². The Morgan fingerprint density at radius 2 is 1.96 bits per heavy atom. The molecule has 2 aliphatic rings. The normalized spacial score (nSPS) is 24.8. The summed E-state index contributed by atoms with van der Waals surface area (Å²) in [4.78, 5) is 20.4. The van der Waals surface area contributed by atoms with Crippen LogP contribution in [-0.2, 0) is 4.79 Å². The zero-order valence-corrected chi connectivity index (χ0v) is 18.9. The van der Waals surface area contributed by atoms with E-state index in [2.05, 4.69) is 28.7 Å². The van der Waals surface area contributed by atoms with Crippen molar-refractivity contribution in [3.05, 3.63) is 0 Å². The van der Waals surface area contributed by atoms with Crippen molar-refractivity contribution < 1.29 is 4.79 Å². The zero-order valence-electron chi connectivity index (χ0n) is 15.8. The number of nitrogens with one attached hydrogen (secondary N) is 2. The van der Waals surface area contributed by atoms with E-state index in [-0.39, 0.29) is 29.9 Å². The average Bonchev–Trinajstić information content (AvgIpc) is 3.03. The number of aliphatic imine (C=N–C) groups is 1. The molecule has 1 saturated carbocycles. The molecule has 1 saturated heterocycles. The number of halogens is 1. The zero-order chi connectivity index (χ0) is 17.4. The minimum absolute atomic E-state index is 0. The van der Waals surface area contributed by atoms with Gasteiger partial charge in [0.05, 0.1) is 6.54 Å². The summed E-state index contributed by atoms with van der Waals surface area (Å²) in [5, 5.41) is 7.75. The van der Waals surface area contributed by atoms with Gasteiger partial charge in [-0.25, -0.2) is 0 Å². The highest BCUT2D eigenvalue weighted by Gasteiger charge is 2.24. The van der Waals surface area contributed by atoms with Crippen LogP contribution in [0.5, 0.6) is 0 Å². The first kappa shape index (κ1) is 22.8. The Bertz CT molecular complexity index is 429. The molecule has 2 atom stereocenters. The first-order valence-electron chi connectivity index (χ1n) is 9.17. The van der Waals surface area contributed by atoms with E-state index < -0.39 is 0 Å². The van der Waals surface area contributed by atoms with E-state index in [1.165, 1.54) is 19.3 Å². The summed E-state index contributed by atoms with van der Waals surface area (Å²) < 4.78 is 0. The third kappa shape index (κ3) is 7.90. The molecule has 2 rings (SSSR count). The number of amides is 1. The summed E-state index contributed by atoms with van der Waals surface area (Å²) in [6, 6.07) is 0.555. The van der Waals surface area contributed by atoms with Crippen LogP contribution >= 0.6 is 35.7 Å². The van der Waals surface area contributed by atoms with Crippen molar-refractivity contribution in [1.29, 1.82) is 0 Å². The molecule has 25 heavy (non-hydrogen) atoms. The van der Waals surface area contributed by atoms with Crippen LogP contribution in [0.1, 0.15) is 33.1 Å². The molecule has 0 radical (unpaired) electrons. The molecule has 0 spiro atoms. The molecule has 2 fully saturated rings. The molecular formula is C17H34IN5OS. The van der Waals surface area contributed by atoms with Crippen LogP contribution in [0.15, 0.2) is 4.99 Å². The molecule has 8 heteroatoms. The van der Waals surface area contributed by atoms with E-state index in [0.717, 1.165) is 57.0 Å². The predicted molar refractivity (Wildman–Crippen MR) is 118 cm³/mol. The van der Waals surface area contributed by atoms with Gasteiger partial charge in [0.25, 0.3) is 0 Å². The lowest BCUT2D eigenvalue weighted by Gasteiger charge is -2.33. The molecule has 0 bridgehead atoms. The standard InChI is InChI=1S/C17H33N5OS.HI/c1-4-18-17(20-15-5-6-16(13-15)24-3)19-7-8-21-9-11-22(12-10-21)14(2)23;/h15-16H,4-13H2,1-3H3,(H2,18,19,20);1H. The molecule has 1 aliphatic carbocycles. The van der Waals surface area contributed by atoms with Gasteiger partial charge in [0.1, 0.15) is 0 Å². The SMILES string of the molecule is CCNC(=NCCN1CCN(C(C)=O)CC1)NC1CCC(SC)C1.I. The van der Waals surface area contributed by atoms with Gasteiger partial charge in [-0.3, -0.25) is 14.7 Å². The van der Waals surface area contributed by atoms with Crippen molar-refractivity contribution in [2.75, 3.05) is 52.1 Å². The van der Waals surface area contributed by atoms with Crippen LogP contribution < -0.4 is 10.6 Å². The minimum atomic E-state index is 0. The van der Waals surface area contributed by atoms with Crippen molar-refractivity contribution in [3.63, 3.8) is 0 Å². The van der Waals surface area contributed by atoms with Gasteiger partial charge in [-0.2, -0.15) is 11.8 Å². The number of hydrogen-bond acceptors (Lipinski definition) is 4. The van der Waals surface area contributed by atoms with E-state index in [1.54, 1.807) is 6.92 Å². The molecular weight excluding hydrogens is 449 g/mol. The molecule has 1 amide bonds. The fourth-order valence-corrected chi connectivity index (χ4v) is 4.18. The van der Waals surface area contributed by atoms with Crippen LogP contribution in [-0.4, -0.2) is 85.0 Å². The lowest BCUT2D eigenvalue weighted by molar-refractivity contribution is -0.130. The molecule has 6 nitrogen and oxygen atoms in total. The van der Waals surface area contributed by atoms with Crippen LogP contribution in [0.4, 0.5) is 0 Å². The van der Waals surface area contributed by atoms with E-state index >= 15 is 0 Å². The quantitative estimate of drug-likeness (QED) is 0.342. The summed E-state index contributed by atoms with van der Waals surface area (Å²) in [6.07, 6.45) is 5.98. The maximum absolute atomic E-state index is 11.4. The van der Waals surface area contributed by atoms with E-state index in [4.69, 9.17) is 4.99 Å². The molecule has 146 valence electrons. The van der Waals surface area contributed by atoms with Crippen molar-refractivity contribution in [2.45, 2.75) is 44.4 Å². The number of thioether (sulfide) groups is 1. The Balaban J connectivity index is 0.00000312. The Morgan fingerprint density at radius 1 is 1.24 bits per heavy atom. The minimum Gasteiger partial charge on any atom is -0.357 e. The molecule has 0 aromatic rings.